The Morgan fingerprint density at radius 2 is 1.85 bits per heavy atom. The first kappa shape index (κ1) is 10.6. The van der Waals surface area contributed by atoms with E-state index in [0.29, 0.717) is 0 Å². The van der Waals surface area contributed by atoms with Gasteiger partial charge in [-0.1, -0.05) is 56.9 Å². The summed E-state index contributed by atoms with van der Waals surface area (Å²) < 4.78 is 0. The Morgan fingerprint density at radius 1 is 1.08 bits per heavy atom. The molecule has 0 unspecified atom stereocenters. The van der Waals surface area contributed by atoms with Gasteiger partial charge < -0.3 is 0 Å². The summed E-state index contributed by atoms with van der Waals surface area (Å²) in [7, 11) is 0. The van der Waals surface area contributed by atoms with Crippen molar-refractivity contribution in [3.05, 3.63) is 24.3 Å². The number of hydrogen-bond donors (Lipinski definition) is 0. The lowest BCUT2D eigenvalue weighted by Crippen LogP contribution is -2.02. The number of hydrogen-bond acceptors (Lipinski definition) is 0. The lowest BCUT2D eigenvalue weighted by atomic mass is 9.89. The quantitative estimate of drug-likeness (QED) is 0.557. The summed E-state index contributed by atoms with van der Waals surface area (Å²) in [6.45, 7) is 2.22. The lowest BCUT2D eigenvalue weighted by Gasteiger charge is -2.17. The topological polar surface area (TPSA) is 0 Å². The maximum atomic E-state index is 2.39. The smallest absolute Gasteiger partial charge is 0.0230 e. The van der Waals surface area contributed by atoms with Crippen LogP contribution in [0.3, 0.4) is 0 Å². The summed E-state index contributed by atoms with van der Waals surface area (Å²) in [6.07, 6.45) is 18.7. The summed E-state index contributed by atoms with van der Waals surface area (Å²) in [5.74, 6) is 0.875. The SMILES string of the molecule is CCC/C=C/C=C\C1CCCCC1. The second kappa shape index (κ2) is 6.94. The van der Waals surface area contributed by atoms with Crippen LogP contribution >= 0.6 is 0 Å². The molecule has 1 fully saturated rings. The van der Waals surface area contributed by atoms with Crippen molar-refractivity contribution in [2.24, 2.45) is 5.92 Å². The third-order valence-electron chi connectivity index (χ3n) is 2.74. The summed E-state index contributed by atoms with van der Waals surface area (Å²) >= 11 is 0. The molecule has 74 valence electrons. The van der Waals surface area contributed by atoms with Crippen molar-refractivity contribution in [3.63, 3.8) is 0 Å². The van der Waals surface area contributed by atoms with E-state index in [9.17, 15) is 0 Å². The van der Waals surface area contributed by atoms with Crippen LogP contribution in [0.5, 0.6) is 0 Å². The van der Waals surface area contributed by atoms with Gasteiger partial charge in [-0.25, -0.2) is 0 Å². The van der Waals surface area contributed by atoms with Gasteiger partial charge >= 0.3 is 0 Å². The van der Waals surface area contributed by atoms with Gasteiger partial charge in [-0.15, -0.1) is 0 Å². The fourth-order valence-corrected chi connectivity index (χ4v) is 1.89. The van der Waals surface area contributed by atoms with Gasteiger partial charge in [0.25, 0.3) is 0 Å². The molecule has 0 atom stereocenters. The molecule has 0 aromatic heterocycles. The Morgan fingerprint density at radius 3 is 2.54 bits per heavy atom. The van der Waals surface area contributed by atoms with E-state index in [1.165, 1.54) is 44.9 Å². The van der Waals surface area contributed by atoms with Crippen molar-refractivity contribution in [1.29, 1.82) is 0 Å². The third-order valence-corrected chi connectivity index (χ3v) is 2.74. The van der Waals surface area contributed by atoms with Crippen LogP contribution in [0.4, 0.5) is 0 Å². The van der Waals surface area contributed by atoms with E-state index in [4.69, 9.17) is 0 Å². The zero-order valence-electron chi connectivity index (χ0n) is 8.84. The fraction of sp³-hybridized carbons (Fsp3) is 0.692. The molecule has 0 heterocycles. The third kappa shape index (κ3) is 4.92. The normalized spacial score (nSPS) is 20.4. The summed E-state index contributed by atoms with van der Waals surface area (Å²) in [5, 5.41) is 0. The standard InChI is InChI=1S/C13H22/c1-2-3-4-5-7-10-13-11-8-6-9-12-13/h4-5,7,10,13H,2-3,6,8-9,11-12H2,1H3/b5-4+,10-7-. The van der Waals surface area contributed by atoms with E-state index in [1.54, 1.807) is 0 Å². The van der Waals surface area contributed by atoms with Crippen LogP contribution in [0.2, 0.25) is 0 Å². The molecule has 1 aliphatic carbocycles. The predicted octanol–water partition coefficient (Wildman–Crippen LogP) is 4.48. The summed E-state index contributed by atoms with van der Waals surface area (Å²) in [6, 6.07) is 0. The van der Waals surface area contributed by atoms with E-state index >= 15 is 0 Å². The molecular formula is C13H22. The highest BCUT2D eigenvalue weighted by Crippen LogP contribution is 2.24. The molecule has 0 spiro atoms. The minimum atomic E-state index is 0.875. The van der Waals surface area contributed by atoms with Crippen molar-refractivity contribution in [1.82, 2.24) is 0 Å². The largest absolute Gasteiger partial charge is 0.0846 e. The molecule has 0 heteroatoms. The highest BCUT2D eigenvalue weighted by Gasteiger charge is 2.08. The Bertz CT molecular complexity index is 159. The minimum Gasteiger partial charge on any atom is -0.0846 e. The molecule has 1 saturated carbocycles. The zero-order valence-corrected chi connectivity index (χ0v) is 8.84. The molecule has 1 rings (SSSR count). The lowest BCUT2D eigenvalue weighted by molar-refractivity contribution is 0.419. The average Bonchev–Trinajstić information content (AvgIpc) is 2.19. The molecule has 0 aromatic carbocycles. The second-order valence-corrected chi connectivity index (χ2v) is 4.00. The molecular weight excluding hydrogens is 156 g/mol. The summed E-state index contributed by atoms with van der Waals surface area (Å²) in [5.41, 5.74) is 0. The molecule has 13 heavy (non-hydrogen) atoms. The predicted molar refractivity (Wildman–Crippen MR) is 59.8 cm³/mol. The monoisotopic (exact) mass is 178 g/mol. The summed E-state index contributed by atoms with van der Waals surface area (Å²) in [4.78, 5) is 0. The van der Waals surface area contributed by atoms with Gasteiger partial charge in [-0.05, 0) is 25.2 Å². The highest BCUT2D eigenvalue weighted by atomic mass is 14.1. The number of allylic oxidation sites excluding steroid dienone is 4. The van der Waals surface area contributed by atoms with Crippen molar-refractivity contribution in [3.8, 4) is 0 Å². The van der Waals surface area contributed by atoms with Gasteiger partial charge in [0.05, 0.1) is 0 Å². The maximum absolute atomic E-state index is 2.39. The number of rotatable bonds is 4. The van der Waals surface area contributed by atoms with E-state index < -0.39 is 0 Å². The van der Waals surface area contributed by atoms with Gasteiger partial charge in [0, 0.05) is 0 Å². The molecule has 0 nitrogen and oxygen atoms in total. The van der Waals surface area contributed by atoms with E-state index in [-0.39, 0.29) is 0 Å². The van der Waals surface area contributed by atoms with Crippen LogP contribution in [0.25, 0.3) is 0 Å². The average molecular weight is 178 g/mol. The Kier molecular flexibility index (Phi) is 5.64. The van der Waals surface area contributed by atoms with E-state index in [0.717, 1.165) is 5.92 Å². The molecule has 0 aliphatic heterocycles. The van der Waals surface area contributed by atoms with Gasteiger partial charge in [0.15, 0.2) is 0 Å². The first-order chi connectivity index (χ1) is 6.43. The van der Waals surface area contributed by atoms with Crippen molar-refractivity contribution in [2.45, 2.75) is 51.9 Å². The Labute approximate surface area is 82.7 Å². The molecule has 0 aromatic rings. The van der Waals surface area contributed by atoms with Gasteiger partial charge in [0.1, 0.15) is 0 Å². The molecule has 0 amide bonds. The molecule has 1 aliphatic rings. The zero-order chi connectivity index (χ0) is 9.36. The molecule has 0 radical (unpaired) electrons. The van der Waals surface area contributed by atoms with Crippen LogP contribution < -0.4 is 0 Å². The maximum Gasteiger partial charge on any atom is -0.0230 e. The Balaban J connectivity index is 2.14. The first-order valence-corrected chi connectivity index (χ1v) is 5.77. The molecule has 0 N–H and O–H groups in total. The van der Waals surface area contributed by atoms with Crippen LogP contribution in [0, 0.1) is 5.92 Å². The fourth-order valence-electron chi connectivity index (χ4n) is 1.89. The first-order valence-electron chi connectivity index (χ1n) is 5.77. The van der Waals surface area contributed by atoms with Gasteiger partial charge in [-0.3, -0.25) is 0 Å². The van der Waals surface area contributed by atoms with Gasteiger partial charge in [0.2, 0.25) is 0 Å². The van der Waals surface area contributed by atoms with Gasteiger partial charge in [-0.2, -0.15) is 0 Å². The Hall–Kier alpha value is -0.520. The van der Waals surface area contributed by atoms with Crippen LogP contribution in [-0.2, 0) is 0 Å². The van der Waals surface area contributed by atoms with Crippen molar-refractivity contribution in [2.75, 3.05) is 0 Å². The minimum absolute atomic E-state index is 0.875. The van der Waals surface area contributed by atoms with Crippen LogP contribution in [0.15, 0.2) is 24.3 Å². The van der Waals surface area contributed by atoms with Crippen molar-refractivity contribution < 1.29 is 0 Å². The molecule has 0 saturated heterocycles. The number of unbranched alkanes of at least 4 members (excludes halogenated alkanes) is 1. The van der Waals surface area contributed by atoms with E-state index in [2.05, 4.69) is 31.2 Å². The second-order valence-electron chi connectivity index (χ2n) is 4.00. The highest BCUT2D eigenvalue weighted by molar-refractivity contribution is 5.04. The van der Waals surface area contributed by atoms with E-state index in [1.807, 2.05) is 0 Å². The van der Waals surface area contributed by atoms with Crippen LogP contribution in [-0.4, -0.2) is 0 Å². The van der Waals surface area contributed by atoms with Crippen LogP contribution in [0.1, 0.15) is 51.9 Å². The van der Waals surface area contributed by atoms with Crippen molar-refractivity contribution >= 4 is 0 Å². The molecule has 0 bridgehead atoms.